The summed E-state index contributed by atoms with van der Waals surface area (Å²) in [6, 6.07) is 0. The monoisotopic (exact) mass is 241 g/mol. The number of nitrogens with two attached hydrogens (primary N) is 1. The van der Waals surface area contributed by atoms with Gasteiger partial charge in [-0.25, -0.2) is 0 Å². The summed E-state index contributed by atoms with van der Waals surface area (Å²) in [6.45, 7) is 5.04. The van der Waals surface area contributed by atoms with E-state index in [9.17, 15) is 4.79 Å². The number of rotatable bonds is 5. The minimum absolute atomic E-state index is 0.0949. The molecule has 0 aromatic rings. The quantitative estimate of drug-likeness (QED) is 0.330. The largest absolute Gasteiger partial charge is 0.409 e. The van der Waals surface area contributed by atoms with Crippen molar-refractivity contribution in [3.05, 3.63) is 0 Å². The molecule has 0 bridgehead atoms. The lowest BCUT2D eigenvalue weighted by Crippen LogP contribution is -2.42. The van der Waals surface area contributed by atoms with Crippen LogP contribution in [0.1, 0.15) is 39.5 Å². The molecule has 1 rings (SSSR count). The molecule has 0 aromatic heterocycles. The number of hydrogen-bond donors (Lipinski definition) is 2. The van der Waals surface area contributed by atoms with Crippen LogP contribution in [0.15, 0.2) is 5.16 Å². The molecule has 1 amide bonds. The average molecular weight is 241 g/mol. The minimum Gasteiger partial charge on any atom is -0.409 e. The van der Waals surface area contributed by atoms with Crippen molar-refractivity contribution >= 4 is 11.7 Å². The molecule has 3 N–H and O–H groups in total. The van der Waals surface area contributed by atoms with Gasteiger partial charge in [-0.2, -0.15) is 0 Å². The van der Waals surface area contributed by atoms with Crippen molar-refractivity contribution in [2.75, 3.05) is 13.1 Å². The fourth-order valence-corrected chi connectivity index (χ4v) is 2.51. The van der Waals surface area contributed by atoms with Crippen molar-refractivity contribution < 1.29 is 10.0 Å². The van der Waals surface area contributed by atoms with Crippen molar-refractivity contribution in [2.24, 2.45) is 22.7 Å². The summed E-state index contributed by atoms with van der Waals surface area (Å²) in [7, 11) is 0. The Hall–Kier alpha value is -1.26. The molecule has 17 heavy (non-hydrogen) atoms. The summed E-state index contributed by atoms with van der Waals surface area (Å²) >= 11 is 0. The molecule has 2 unspecified atom stereocenters. The number of oxime groups is 1. The van der Waals surface area contributed by atoms with Gasteiger partial charge in [-0.15, -0.1) is 0 Å². The number of nitrogens with zero attached hydrogens (tertiary/aromatic N) is 2. The standard InChI is InChI=1S/C12H23N3O2/c1-3-7-15(8-11(13)14-17)12(16)10-6-4-5-9(10)2/h9-10,17H,3-8H2,1-2H3,(H2,13,14). The second kappa shape index (κ2) is 6.47. The molecule has 5 nitrogen and oxygen atoms in total. The molecule has 0 spiro atoms. The van der Waals surface area contributed by atoms with E-state index in [-0.39, 0.29) is 24.2 Å². The van der Waals surface area contributed by atoms with Gasteiger partial charge in [-0.1, -0.05) is 25.4 Å². The third kappa shape index (κ3) is 3.61. The van der Waals surface area contributed by atoms with Crippen molar-refractivity contribution in [2.45, 2.75) is 39.5 Å². The SMILES string of the molecule is CCCN(CC(N)=NO)C(=O)C1CCCC1C. The predicted octanol–water partition coefficient (Wildman–Crippen LogP) is 1.41. The molecule has 5 heteroatoms. The maximum atomic E-state index is 12.3. The van der Waals surface area contributed by atoms with Crippen LogP contribution in [-0.4, -0.2) is 34.9 Å². The fraction of sp³-hybridized carbons (Fsp3) is 0.833. The van der Waals surface area contributed by atoms with Crippen molar-refractivity contribution in [1.82, 2.24) is 4.90 Å². The number of amidine groups is 1. The Balaban J connectivity index is 2.65. The number of carbonyl (C=O) groups is 1. The predicted molar refractivity (Wildman–Crippen MR) is 66.8 cm³/mol. The van der Waals surface area contributed by atoms with E-state index in [1.165, 1.54) is 0 Å². The van der Waals surface area contributed by atoms with Gasteiger partial charge in [0.15, 0.2) is 5.84 Å². The maximum Gasteiger partial charge on any atom is 0.226 e. The van der Waals surface area contributed by atoms with E-state index < -0.39 is 0 Å². The van der Waals surface area contributed by atoms with Crippen LogP contribution in [0.2, 0.25) is 0 Å². The van der Waals surface area contributed by atoms with E-state index in [1.54, 1.807) is 4.90 Å². The van der Waals surface area contributed by atoms with Gasteiger partial charge in [0.25, 0.3) is 0 Å². The van der Waals surface area contributed by atoms with E-state index in [4.69, 9.17) is 10.9 Å². The number of carbonyl (C=O) groups excluding carboxylic acids is 1. The van der Waals surface area contributed by atoms with Crippen LogP contribution in [0.5, 0.6) is 0 Å². The fourth-order valence-electron chi connectivity index (χ4n) is 2.51. The Morgan fingerprint density at radius 1 is 1.53 bits per heavy atom. The Bertz CT molecular complexity index is 291. The summed E-state index contributed by atoms with van der Waals surface area (Å²) in [5.41, 5.74) is 5.48. The molecule has 0 aromatic carbocycles. The normalized spacial score (nSPS) is 24.9. The van der Waals surface area contributed by atoms with Gasteiger partial charge in [0.2, 0.25) is 5.91 Å². The van der Waals surface area contributed by atoms with E-state index >= 15 is 0 Å². The first kappa shape index (κ1) is 13.8. The summed E-state index contributed by atoms with van der Waals surface area (Å²) < 4.78 is 0. The van der Waals surface area contributed by atoms with E-state index in [0.29, 0.717) is 12.5 Å². The van der Waals surface area contributed by atoms with Gasteiger partial charge in [0.1, 0.15) is 0 Å². The van der Waals surface area contributed by atoms with Crippen molar-refractivity contribution in [1.29, 1.82) is 0 Å². The van der Waals surface area contributed by atoms with Crippen LogP contribution in [0.3, 0.4) is 0 Å². The van der Waals surface area contributed by atoms with Crippen molar-refractivity contribution in [3.63, 3.8) is 0 Å². The zero-order valence-electron chi connectivity index (χ0n) is 10.7. The zero-order chi connectivity index (χ0) is 12.8. The van der Waals surface area contributed by atoms with Crippen LogP contribution in [0.25, 0.3) is 0 Å². The van der Waals surface area contributed by atoms with E-state index in [2.05, 4.69) is 12.1 Å². The lowest BCUT2D eigenvalue weighted by atomic mass is 9.96. The highest BCUT2D eigenvalue weighted by molar-refractivity contribution is 5.88. The smallest absolute Gasteiger partial charge is 0.226 e. The molecule has 0 aliphatic heterocycles. The molecule has 2 atom stereocenters. The van der Waals surface area contributed by atoms with Crippen LogP contribution >= 0.6 is 0 Å². The number of amides is 1. The van der Waals surface area contributed by atoms with Crippen LogP contribution in [-0.2, 0) is 4.79 Å². The minimum atomic E-state index is 0.0949. The third-order valence-corrected chi connectivity index (χ3v) is 3.47. The molecule has 98 valence electrons. The molecule has 1 aliphatic carbocycles. The average Bonchev–Trinajstić information content (AvgIpc) is 2.73. The van der Waals surface area contributed by atoms with Gasteiger partial charge in [-0.05, 0) is 25.2 Å². The van der Waals surface area contributed by atoms with E-state index in [1.807, 2.05) is 6.92 Å². The van der Waals surface area contributed by atoms with Gasteiger partial charge >= 0.3 is 0 Å². The maximum absolute atomic E-state index is 12.3. The molecule has 1 fully saturated rings. The second-order valence-corrected chi connectivity index (χ2v) is 4.87. The summed E-state index contributed by atoms with van der Waals surface area (Å²) in [6.07, 6.45) is 4.10. The molecule has 1 aliphatic rings. The van der Waals surface area contributed by atoms with Crippen LogP contribution < -0.4 is 5.73 Å². The summed E-state index contributed by atoms with van der Waals surface area (Å²) in [5.74, 6) is 0.822. The van der Waals surface area contributed by atoms with Gasteiger partial charge in [0.05, 0.1) is 6.54 Å². The summed E-state index contributed by atoms with van der Waals surface area (Å²) in [4.78, 5) is 14.0. The highest BCUT2D eigenvalue weighted by Crippen LogP contribution is 2.32. The molecular weight excluding hydrogens is 218 g/mol. The summed E-state index contributed by atoms with van der Waals surface area (Å²) in [5, 5.41) is 11.5. The first-order chi connectivity index (χ1) is 8.10. The molecule has 0 heterocycles. The Labute approximate surface area is 103 Å². The highest BCUT2D eigenvalue weighted by atomic mass is 16.4. The van der Waals surface area contributed by atoms with Gasteiger partial charge in [0, 0.05) is 12.5 Å². The highest BCUT2D eigenvalue weighted by Gasteiger charge is 2.32. The van der Waals surface area contributed by atoms with Crippen molar-refractivity contribution in [3.8, 4) is 0 Å². The van der Waals surface area contributed by atoms with Gasteiger partial charge < -0.3 is 15.8 Å². The molecule has 0 saturated heterocycles. The Morgan fingerprint density at radius 3 is 2.71 bits per heavy atom. The first-order valence-electron chi connectivity index (χ1n) is 6.35. The van der Waals surface area contributed by atoms with E-state index in [0.717, 1.165) is 25.7 Å². The topological polar surface area (TPSA) is 78.9 Å². The van der Waals surface area contributed by atoms with Crippen LogP contribution in [0.4, 0.5) is 0 Å². The molecule has 1 saturated carbocycles. The number of hydrogen-bond acceptors (Lipinski definition) is 3. The van der Waals surface area contributed by atoms with Gasteiger partial charge in [-0.3, -0.25) is 4.79 Å². The second-order valence-electron chi connectivity index (χ2n) is 4.87. The zero-order valence-corrected chi connectivity index (χ0v) is 10.7. The Kier molecular flexibility index (Phi) is 5.25. The lowest BCUT2D eigenvalue weighted by Gasteiger charge is -2.26. The first-order valence-corrected chi connectivity index (χ1v) is 6.35. The lowest BCUT2D eigenvalue weighted by molar-refractivity contribution is -0.135. The van der Waals surface area contributed by atoms with Crippen LogP contribution in [0, 0.1) is 11.8 Å². The Morgan fingerprint density at radius 2 is 2.24 bits per heavy atom. The molecular formula is C12H23N3O2. The molecule has 0 radical (unpaired) electrons. The third-order valence-electron chi connectivity index (χ3n) is 3.47.